The molecule has 1 aliphatic heterocycles. The number of hydrogen-bond donors (Lipinski definition) is 1. The number of nitrogens with zero attached hydrogens (tertiary/aromatic N) is 4. The molecular weight excluding hydrogens is 194 g/mol. The van der Waals surface area contributed by atoms with Gasteiger partial charge in [0.05, 0.1) is 5.54 Å². The molecule has 0 saturated carbocycles. The monoisotopic (exact) mass is 211 g/mol. The maximum Gasteiger partial charge on any atom is 0.356 e. The van der Waals surface area contributed by atoms with Crippen molar-refractivity contribution in [1.82, 2.24) is 25.5 Å². The molecule has 6 nitrogen and oxygen atoms in total. The van der Waals surface area contributed by atoms with Crippen LogP contribution < -0.4 is 10.1 Å². The highest BCUT2D eigenvalue weighted by atomic mass is 16.5. The fourth-order valence-electron chi connectivity index (χ4n) is 1.30. The van der Waals surface area contributed by atoms with Gasteiger partial charge in [-0.15, -0.1) is 0 Å². The van der Waals surface area contributed by atoms with Gasteiger partial charge in [0.25, 0.3) is 0 Å². The number of hydrogen-bond acceptors (Lipinski definition) is 5. The average molecular weight is 211 g/mol. The van der Waals surface area contributed by atoms with Crippen molar-refractivity contribution in [2.45, 2.75) is 38.8 Å². The van der Waals surface area contributed by atoms with Crippen molar-refractivity contribution in [1.29, 1.82) is 0 Å². The minimum absolute atomic E-state index is 0.159. The third kappa shape index (κ3) is 2.09. The Morgan fingerprint density at radius 1 is 1.40 bits per heavy atom. The van der Waals surface area contributed by atoms with Crippen molar-refractivity contribution < 1.29 is 4.74 Å². The lowest BCUT2D eigenvalue weighted by Gasteiger charge is -2.37. The van der Waals surface area contributed by atoms with Crippen molar-refractivity contribution in [2.75, 3.05) is 13.1 Å². The molecule has 0 spiro atoms. The lowest BCUT2D eigenvalue weighted by Crippen LogP contribution is -2.61. The van der Waals surface area contributed by atoms with Crippen molar-refractivity contribution >= 4 is 0 Å². The van der Waals surface area contributed by atoms with E-state index in [0.29, 0.717) is 6.01 Å². The second-order valence-electron chi connectivity index (χ2n) is 5.19. The van der Waals surface area contributed by atoms with Crippen LogP contribution in [0.1, 0.15) is 27.7 Å². The van der Waals surface area contributed by atoms with E-state index in [9.17, 15) is 0 Å². The maximum atomic E-state index is 5.65. The van der Waals surface area contributed by atoms with Gasteiger partial charge in [0.15, 0.2) is 0 Å². The van der Waals surface area contributed by atoms with Gasteiger partial charge in [-0.1, -0.05) is 10.2 Å². The molecule has 1 aliphatic rings. The van der Waals surface area contributed by atoms with Crippen molar-refractivity contribution in [3.8, 4) is 6.01 Å². The first kappa shape index (κ1) is 10.4. The predicted molar refractivity (Wildman–Crippen MR) is 54.7 cm³/mol. The zero-order valence-electron chi connectivity index (χ0n) is 9.61. The van der Waals surface area contributed by atoms with Crippen LogP contribution in [0.2, 0.25) is 0 Å². The molecule has 0 radical (unpaired) electrons. The summed E-state index contributed by atoms with van der Waals surface area (Å²) in [6.07, 6.45) is 0. The van der Waals surface area contributed by atoms with Gasteiger partial charge in [0.1, 0.15) is 5.60 Å². The minimum atomic E-state index is -0.175. The van der Waals surface area contributed by atoms with Crippen LogP contribution in [0.15, 0.2) is 0 Å². The Morgan fingerprint density at radius 2 is 2.07 bits per heavy atom. The molecule has 1 aromatic rings. The largest absolute Gasteiger partial charge is 0.452 e. The average Bonchev–Trinajstić information content (AvgIpc) is 2.49. The molecule has 1 N–H and O–H groups in total. The van der Waals surface area contributed by atoms with Gasteiger partial charge >= 0.3 is 6.01 Å². The lowest BCUT2D eigenvalue weighted by atomic mass is 10.0. The van der Waals surface area contributed by atoms with Gasteiger partial charge in [-0.2, -0.15) is 4.80 Å². The van der Waals surface area contributed by atoms with Crippen molar-refractivity contribution in [3.05, 3.63) is 0 Å². The smallest absolute Gasteiger partial charge is 0.356 e. The quantitative estimate of drug-likeness (QED) is 0.755. The highest BCUT2D eigenvalue weighted by Gasteiger charge is 2.35. The van der Waals surface area contributed by atoms with Crippen LogP contribution in [0.4, 0.5) is 0 Å². The zero-order chi connectivity index (χ0) is 11.1. The van der Waals surface area contributed by atoms with Gasteiger partial charge in [0, 0.05) is 13.1 Å². The Labute approximate surface area is 89.0 Å². The number of nitrogens with one attached hydrogen (secondary N) is 1. The number of aromatic nitrogens is 4. The summed E-state index contributed by atoms with van der Waals surface area (Å²) in [7, 11) is 0. The summed E-state index contributed by atoms with van der Waals surface area (Å²) in [6, 6.07) is 0.355. The summed E-state index contributed by atoms with van der Waals surface area (Å²) in [5.41, 5.74) is -0.334. The fraction of sp³-hybridized carbons (Fsp3) is 0.889. The topological polar surface area (TPSA) is 64.9 Å². The van der Waals surface area contributed by atoms with E-state index in [1.807, 2.05) is 27.7 Å². The second-order valence-corrected chi connectivity index (χ2v) is 5.19. The van der Waals surface area contributed by atoms with Crippen molar-refractivity contribution in [3.63, 3.8) is 0 Å². The highest BCUT2D eigenvalue weighted by Crippen LogP contribution is 2.18. The third-order valence-electron chi connectivity index (χ3n) is 2.33. The van der Waals surface area contributed by atoms with Crippen LogP contribution >= 0.6 is 0 Å². The van der Waals surface area contributed by atoms with Gasteiger partial charge in [-0.25, -0.2) is 0 Å². The number of tetrazole rings is 1. The van der Waals surface area contributed by atoms with Gasteiger partial charge in [-0.3, -0.25) is 0 Å². The van der Waals surface area contributed by atoms with E-state index >= 15 is 0 Å². The molecule has 0 amide bonds. The van der Waals surface area contributed by atoms with E-state index in [1.54, 1.807) is 4.80 Å². The lowest BCUT2D eigenvalue weighted by molar-refractivity contribution is 0.0250. The van der Waals surface area contributed by atoms with E-state index < -0.39 is 0 Å². The van der Waals surface area contributed by atoms with E-state index in [1.165, 1.54) is 0 Å². The summed E-state index contributed by atoms with van der Waals surface area (Å²) >= 11 is 0. The Balaban J connectivity index is 2.07. The van der Waals surface area contributed by atoms with Crippen LogP contribution in [0, 0.1) is 0 Å². The first-order chi connectivity index (χ1) is 6.89. The first-order valence-corrected chi connectivity index (χ1v) is 5.09. The molecule has 1 aromatic heterocycles. The summed E-state index contributed by atoms with van der Waals surface area (Å²) in [5, 5.41) is 15.2. The first-order valence-electron chi connectivity index (χ1n) is 5.09. The summed E-state index contributed by atoms with van der Waals surface area (Å²) < 4.78 is 5.65. The van der Waals surface area contributed by atoms with Crippen LogP contribution in [-0.2, 0) is 5.54 Å². The zero-order valence-corrected chi connectivity index (χ0v) is 9.61. The fourth-order valence-corrected chi connectivity index (χ4v) is 1.30. The minimum Gasteiger partial charge on any atom is -0.452 e. The molecule has 1 fully saturated rings. The molecule has 0 unspecified atom stereocenters. The number of ether oxygens (including phenoxy) is 1. The van der Waals surface area contributed by atoms with E-state index in [0.717, 1.165) is 13.1 Å². The molecule has 0 bridgehead atoms. The van der Waals surface area contributed by atoms with Gasteiger partial charge < -0.3 is 10.1 Å². The number of rotatable bonds is 2. The van der Waals surface area contributed by atoms with E-state index in [2.05, 4.69) is 20.7 Å². The summed E-state index contributed by atoms with van der Waals surface area (Å²) in [6.45, 7) is 9.75. The molecular formula is C9H17N5O. The molecule has 2 heterocycles. The Bertz CT molecular complexity index is 350. The van der Waals surface area contributed by atoms with E-state index in [4.69, 9.17) is 4.74 Å². The highest BCUT2D eigenvalue weighted by molar-refractivity contribution is 4.98. The van der Waals surface area contributed by atoms with Crippen LogP contribution in [0.25, 0.3) is 0 Å². The third-order valence-corrected chi connectivity index (χ3v) is 2.33. The summed E-state index contributed by atoms with van der Waals surface area (Å²) in [4.78, 5) is 1.57. The second kappa shape index (κ2) is 3.16. The van der Waals surface area contributed by atoms with Crippen LogP contribution in [0.5, 0.6) is 6.01 Å². The van der Waals surface area contributed by atoms with Crippen LogP contribution in [0.3, 0.4) is 0 Å². The molecule has 0 aliphatic carbocycles. The predicted octanol–water partition coefficient (Wildman–Crippen LogP) is 0.169. The standard InChI is InChI=1S/C9H17N5O/c1-8(2,3)14-12-7(11-13-14)15-9(4)5-10-6-9/h10H,5-6H2,1-4H3. The van der Waals surface area contributed by atoms with Gasteiger partial charge in [-0.05, 0) is 32.9 Å². The van der Waals surface area contributed by atoms with Crippen LogP contribution in [-0.4, -0.2) is 38.9 Å². The molecule has 15 heavy (non-hydrogen) atoms. The molecule has 0 aromatic carbocycles. The Morgan fingerprint density at radius 3 is 2.47 bits per heavy atom. The Kier molecular flexibility index (Phi) is 2.18. The van der Waals surface area contributed by atoms with Gasteiger partial charge in [0.2, 0.25) is 0 Å². The molecule has 2 rings (SSSR count). The Hall–Kier alpha value is -1.17. The maximum absolute atomic E-state index is 5.65. The molecule has 0 atom stereocenters. The molecule has 1 saturated heterocycles. The normalized spacial score (nSPS) is 19.7. The molecule has 6 heteroatoms. The van der Waals surface area contributed by atoms with Crippen molar-refractivity contribution in [2.24, 2.45) is 0 Å². The SMILES string of the molecule is CC1(Oc2nnn(C(C)(C)C)n2)CNC1. The van der Waals surface area contributed by atoms with E-state index in [-0.39, 0.29) is 11.1 Å². The molecule has 84 valence electrons. The summed E-state index contributed by atoms with van der Waals surface area (Å²) in [5.74, 6) is 0.